The average Bonchev–Trinajstić information content (AvgIpc) is 2.48. The molecule has 2 aromatic rings. The number of aryl methyl sites for hydroxylation is 1. The second kappa shape index (κ2) is 7.27. The molecule has 0 unspecified atom stereocenters. The van der Waals surface area contributed by atoms with Gasteiger partial charge in [0, 0.05) is 23.2 Å². The maximum Gasteiger partial charge on any atom is 0.322 e. The van der Waals surface area contributed by atoms with Gasteiger partial charge in [0.2, 0.25) is 0 Å². The lowest BCUT2D eigenvalue weighted by molar-refractivity contribution is 0.212. The van der Waals surface area contributed by atoms with Crippen molar-refractivity contribution < 1.29 is 4.79 Å². The molecule has 0 spiro atoms. The number of amides is 2. The van der Waals surface area contributed by atoms with E-state index >= 15 is 0 Å². The van der Waals surface area contributed by atoms with Crippen molar-refractivity contribution in [2.24, 2.45) is 0 Å². The summed E-state index contributed by atoms with van der Waals surface area (Å²) in [6, 6.07) is 15.8. The highest BCUT2D eigenvalue weighted by molar-refractivity contribution is 9.10. The van der Waals surface area contributed by atoms with Crippen molar-refractivity contribution in [2.45, 2.75) is 20.4 Å². The molecule has 2 rings (SSSR count). The molecule has 0 aliphatic heterocycles. The maximum absolute atomic E-state index is 12.4. The van der Waals surface area contributed by atoms with E-state index < -0.39 is 0 Å². The van der Waals surface area contributed by atoms with E-state index in [2.05, 4.69) is 21.2 Å². The highest BCUT2D eigenvalue weighted by atomic mass is 79.9. The molecule has 0 heterocycles. The quantitative estimate of drug-likeness (QED) is 0.846. The molecule has 1 N–H and O–H groups in total. The van der Waals surface area contributed by atoms with Crippen molar-refractivity contribution >= 4 is 27.6 Å². The first-order valence-corrected chi connectivity index (χ1v) is 7.75. The molecule has 0 saturated carbocycles. The van der Waals surface area contributed by atoms with E-state index in [1.165, 1.54) is 0 Å². The number of nitrogens with zero attached hydrogens (tertiary/aromatic N) is 1. The first kappa shape index (κ1) is 15.6. The van der Waals surface area contributed by atoms with Gasteiger partial charge in [-0.3, -0.25) is 0 Å². The number of urea groups is 1. The summed E-state index contributed by atoms with van der Waals surface area (Å²) >= 11 is 3.43. The van der Waals surface area contributed by atoms with Crippen LogP contribution in [-0.2, 0) is 6.54 Å². The third kappa shape index (κ3) is 4.33. The van der Waals surface area contributed by atoms with E-state index in [-0.39, 0.29) is 6.03 Å². The van der Waals surface area contributed by atoms with Crippen molar-refractivity contribution in [3.8, 4) is 0 Å². The summed E-state index contributed by atoms with van der Waals surface area (Å²) in [4.78, 5) is 14.2. The molecule has 0 aliphatic carbocycles. The summed E-state index contributed by atoms with van der Waals surface area (Å²) < 4.78 is 1.01. The Morgan fingerprint density at radius 2 is 1.90 bits per heavy atom. The molecule has 21 heavy (non-hydrogen) atoms. The van der Waals surface area contributed by atoms with Crippen molar-refractivity contribution in [1.82, 2.24) is 4.90 Å². The van der Waals surface area contributed by atoms with E-state index in [1.807, 2.05) is 62.4 Å². The first-order chi connectivity index (χ1) is 10.1. The molecule has 0 saturated heterocycles. The molecule has 110 valence electrons. The summed E-state index contributed by atoms with van der Waals surface area (Å²) in [5.41, 5.74) is 3.00. The smallest absolute Gasteiger partial charge is 0.320 e. The van der Waals surface area contributed by atoms with Crippen LogP contribution in [0, 0.1) is 6.92 Å². The summed E-state index contributed by atoms with van der Waals surface area (Å²) in [5, 5.41) is 2.97. The largest absolute Gasteiger partial charge is 0.322 e. The van der Waals surface area contributed by atoms with Crippen LogP contribution in [0.15, 0.2) is 53.0 Å². The fourth-order valence-corrected chi connectivity index (χ4v) is 2.57. The minimum atomic E-state index is -0.0771. The number of hydrogen-bond donors (Lipinski definition) is 1. The number of nitrogens with one attached hydrogen (secondary N) is 1. The van der Waals surface area contributed by atoms with Crippen molar-refractivity contribution in [1.29, 1.82) is 0 Å². The normalized spacial score (nSPS) is 10.2. The predicted octanol–water partition coefficient (Wildman–Crippen LogP) is 4.81. The van der Waals surface area contributed by atoms with E-state index in [0.29, 0.717) is 13.1 Å². The van der Waals surface area contributed by atoms with Crippen LogP contribution in [0.1, 0.15) is 18.1 Å². The number of carbonyl (C=O) groups excluding carboxylic acids is 1. The minimum absolute atomic E-state index is 0.0771. The van der Waals surface area contributed by atoms with Gasteiger partial charge in [-0.1, -0.05) is 46.3 Å². The van der Waals surface area contributed by atoms with Gasteiger partial charge in [-0.15, -0.1) is 0 Å². The third-order valence-electron chi connectivity index (χ3n) is 3.32. The van der Waals surface area contributed by atoms with Gasteiger partial charge in [-0.25, -0.2) is 4.79 Å². The number of benzene rings is 2. The Morgan fingerprint density at radius 1 is 1.19 bits per heavy atom. The fourth-order valence-electron chi connectivity index (χ4n) is 2.09. The standard InChI is InChI=1S/C17H19BrN2O/c1-3-20(12-14-7-5-4-6-8-14)17(21)19-16-10-9-15(18)11-13(16)2/h4-11H,3,12H2,1-2H3,(H,19,21). The number of rotatable bonds is 4. The van der Waals surface area contributed by atoms with Crippen LogP contribution in [0.4, 0.5) is 10.5 Å². The first-order valence-electron chi connectivity index (χ1n) is 6.96. The molecular weight excluding hydrogens is 328 g/mol. The van der Waals surface area contributed by atoms with Gasteiger partial charge >= 0.3 is 6.03 Å². The number of carbonyl (C=O) groups is 1. The predicted molar refractivity (Wildman–Crippen MR) is 90.4 cm³/mol. The third-order valence-corrected chi connectivity index (χ3v) is 3.81. The summed E-state index contributed by atoms with van der Waals surface area (Å²) in [6.45, 7) is 5.24. The van der Waals surface area contributed by atoms with Gasteiger partial charge in [0.05, 0.1) is 0 Å². The number of halogens is 1. The molecule has 0 aromatic heterocycles. The zero-order valence-corrected chi connectivity index (χ0v) is 13.9. The van der Waals surface area contributed by atoms with Gasteiger partial charge in [0.1, 0.15) is 0 Å². The lowest BCUT2D eigenvalue weighted by Crippen LogP contribution is -2.34. The lowest BCUT2D eigenvalue weighted by Gasteiger charge is -2.22. The van der Waals surface area contributed by atoms with E-state index in [0.717, 1.165) is 21.3 Å². The maximum atomic E-state index is 12.4. The molecule has 2 aromatic carbocycles. The SMILES string of the molecule is CCN(Cc1ccccc1)C(=O)Nc1ccc(Br)cc1C. The zero-order chi connectivity index (χ0) is 15.2. The van der Waals surface area contributed by atoms with Crippen LogP contribution < -0.4 is 5.32 Å². The van der Waals surface area contributed by atoms with Gasteiger partial charge in [-0.05, 0) is 43.2 Å². The molecular formula is C17H19BrN2O. The summed E-state index contributed by atoms with van der Waals surface area (Å²) in [7, 11) is 0. The van der Waals surface area contributed by atoms with Crippen LogP contribution in [-0.4, -0.2) is 17.5 Å². The highest BCUT2D eigenvalue weighted by Crippen LogP contribution is 2.20. The summed E-state index contributed by atoms with van der Waals surface area (Å²) in [6.07, 6.45) is 0. The number of anilines is 1. The van der Waals surface area contributed by atoms with E-state index in [4.69, 9.17) is 0 Å². The van der Waals surface area contributed by atoms with Crippen molar-refractivity contribution in [2.75, 3.05) is 11.9 Å². The molecule has 0 fully saturated rings. The molecule has 0 bridgehead atoms. The van der Waals surface area contributed by atoms with Crippen LogP contribution in [0.25, 0.3) is 0 Å². The van der Waals surface area contributed by atoms with Crippen LogP contribution in [0.3, 0.4) is 0 Å². The molecule has 0 aliphatic rings. The molecule has 0 radical (unpaired) electrons. The van der Waals surface area contributed by atoms with E-state index in [1.54, 1.807) is 4.90 Å². The van der Waals surface area contributed by atoms with Crippen molar-refractivity contribution in [3.05, 3.63) is 64.1 Å². The second-order valence-corrected chi connectivity index (χ2v) is 5.80. The second-order valence-electron chi connectivity index (χ2n) is 4.89. The van der Waals surface area contributed by atoms with E-state index in [9.17, 15) is 4.79 Å². The molecule has 2 amide bonds. The fraction of sp³-hybridized carbons (Fsp3) is 0.235. The Bertz CT molecular complexity index is 613. The van der Waals surface area contributed by atoms with Gasteiger partial charge in [0.25, 0.3) is 0 Å². The molecule has 4 heteroatoms. The topological polar surface area (TPSA) is 32.3 Å². The summed E-state index contributed by atoms with van der Waals surface area (Å²) in [5.74, 6) is 0. The van der Waals surface area contributed by atoms with Crippen LogP contribution >= 0.6 is 15.9 Å². The van der Waals surface area contributed by atoms with Crippen LogP contribution in [0.5, 0.6) is 0 Å². The van der Waals surface area contributed by atoms with Crippen molar-refractivity contribution in [3.63, 3.8) is 0 Å². The van der Waals surface area contributed by atoms with Gasteiger partial charge < -0.3 is 10.2 Å². The van der Waals surface area contributed by atoms with Crippen LogP contribution in [0.2, 0.25) is 0 Å². The lowest BCUT2D eigenvalue weighted by atomic mass is 10.2. The Kier molecular flexibility index (Phi) is 5.39. The molecule has 3 nitrogen and oxygen atoms in total. The Balaban J connectivity index is 2.06. The van der Waals surface area contributed by atoms with Gasteiger partial charge in [-0.2, -0.15) is 0 Å². The average molecular weight is 347 g/mol. The molecule has 0 atom stereocenters. The Hall–Kier alpha value is -1.81. The highest BCUT2D eigenvalue weighted by Gasteiger charge is 2.13. The zero-order valence-electron chi connectivity index (χ0n) is 12.3. The monoisotopic (exact) mass is 346 g/mol. The Labute approximate surface area is 134 Å². The minimum Gasteiger partial charge on any atom is -0.320 e. The Morgan fingerprint density at radius 3 is 2.52 bits per heavy atom. The van der Waals surface area contributed by atoms with Gasteiger partial charge in [0.15, 0.2) is 0 Å². The number of hydrogen-bond acceptors (Lipinski definition) is 1.